The van der Waals surface area contributed by atoms with Gasteiger partial charge in [0.1, 0.15) is 0 Å². The van der Waals surface area contributed by atoms with Crippen molar-refractivity contribution in [1.82, 2.24) is 14.4 Å². The van der Waals surface area contributed by atoms with Crippen LogP contribution in [0.3, 0.4) is 0 Å². The lowest BCUT2D eigenvalue weighted by Gasteiger charge is -1.91. The predicted octanol–water partition coefficient (Wildman–Crippen LogP) is 1.15. The van der Waals surface area contributed by atoms with E-state index in [1.807, 2.05) is 16.7 Å². The number of H-pyrrole nitrogens is 1. The molecule has 0 atom stereocenters. The fourth-order valence-corrected chi connectivity index (χ4v) is 1.82. The van der Waals surface area contributed by atoms with Crippen LogP contribution in [0.1, 0.15) is 11.3 Å². The average Bonchev–Trinajstić information content (AvgIpc) is 2.84. The quantitative estimate of drug-likeness (QED) is 0.633. The fraction of sp³-hybridized carbons (Fsp3) is 0.0909. The summed E-state index contributed by atoms with van der Waals surface area (Å²) in [5.74, 6) is 0.755. The highest BCUT2D eigenvalue weighted by molar-refractivity contribution is 5.81. The van der Waals surface area contributed by atoms with Crippen LogP contribution in [0.2, 0.25) is 0 Å². The molecule has 0 spiro atoms. The summed E-state index contributed by atoms with van der Waals surface area (Å²) in [5, 5.41) is 8.80. The van der Waals surface area contributed by atoms with Crippen molar-refractivity contribution >= 4 is 16.8 Å². The first-order valence-corrected chi connectivity index (χ1v) is 4.91. The average molecular weight is 211 g/mol. The molecule has 3 aromatic rings. The van der Waals surface area contributed by atoms with Gasteiger partial charge in [-0.2, -0.15) is 5.26 Å². The van der Waals surface area contributed by atoms with Gasteiger partial charge in [-0.3, -0.25) is 4.40 Å². The minimum atomic E-state index is 0.459. The first-order valence-electron chi connectivity index (χ1n) is 4.91. The summed E-state index contributed by atoms with van der Waals surface area (Å²) in [6.45, 7) is 0.459. The number of nitriles is 1. The number of nitrogens with zero attached hydrogens (tertiary/aromatic N) is 3. The van der Waals surface area contributed by atoms with Gasteiger partial charge >= 0.3 is 0 Å². The Morgan fingerprint density at radius 1 is 1.50 bits per heavy atom. The summed E-state index contributed by atoms with van der Waals surface area (Å²) in [6, 6.07) is 7.55. The molecule has 78 valence electrons. The van der Waals surface area contributed by atoms with Crippen LogP contribution in [-0.4, -0.2) is 14.4 Å². The summed E-state index contributed by atoms with van der Waals surface area (Å²) < 4.78 is 1.94. The van der Waals surface area contributed by atoms with E-state index in [9.17, 15) is 0 Å². The van der Waals surface area contributed by atoms with Gasteiger partial charge in [0.2, 0.25) is 5.78 Å². The zero-order chi connectivity index (χ0) is 11.1. The van der Waals surface area contributed by atoms with E-state index in [0.717, 1.165) is 22.5 Å². The molecule has 0 radical (unpaired) electrons. The SMILES string of the molecule is N#Cc1ccc2c(c1)nc1[nH]c(CN)cn12. The van der Waals surface area contributed by atoms with Crippen LogP contribution < -0.4 is 5.73 Å². The molecule has 0 unspecified atom stereocenters. The van der Waals surface area contributed by atoms with E-state index in [4.69, 9.17) is 11.0 Å². The van der Waals surface area contributed by atoms with Crippen molar-refractivity contribution in [2.24, 2.45) is 5.73 Å². The zero-order valence-corrected chi connectivity index (χ0v) is 8.44. The van der Waals surface area contributed by atoms with Gasteiger partial charge in [0.15, 0.2) is 0 Å². The lowest BCUT2D eigenvalue weighted by atomic mass is 10.2. The molecule has 0 bridgehead atoms. The lowest BCUT2D eigenvalue weighted by Crippen LogP contribution is -1.95. The van der Waals surface area contributed by atoms with E-state index < -0.39 is 0 Å². The van der Waals surface area contributed by atoms with Gasteiger partial charge < -0.3 is 10.7 Å². The third-order valence-electron chi connectivity index (χ3n) is 2.60. The van der Waals surface area contributed by atoms with Crippen molar-refractivity contribution in [2.75, 3.05) is 0 Å². The molecule has 2 heterocycles. The van der Waals surface area contributed by atoms with Crippen molar-refractivity contribution < 1.29 is 0 Å². The summed E-state index contributed by atoms with van der Waals surface area (Å²) in [6.07, 6.45) is 1.93. The molecule has 0 saturated heterocycles. The Morgan fingerprint density at radius 3 is 3.12 bits per heavy atom. The molecular formula is C11H9N5. The van der Waals surface area contributed by atoms with Gasteiger partial charge in [0.25, 0.3) is 0 Å². The van der Waals surface area contributed by atoms with Crippen molar-refractivity contribution in [2.45, 2.75) is 6.54 Å². The Balaban J connectivity index is 2.36. The Kier molecular flexibility index (Phi) is 1.72. The molecule has 5 nitrogen and oxygen atoms in total. The Labute approximate surface area is 91.1 Å². The largest absolute Gasteiger partial charge is 0.326 e. The predicted molar refractivity (Wildman–Crippen MR) is 59.7 cm³/mol. The highest BCUT2D eigenvalue weighted by Crippen LogP contribution is 2.18. The van der Waals surface area contributed by atoms with Crippen LogP contribution in [-0.2, 0) is 6.54 Å². The summed E-state index contributed by atoms with van der Waals surface area (Å²) in [7, 11) is 0. The second kappa shape index (κ2) is 3.08. The topological polar surface area (TPSA) is 82.9 Å². The molecule has 0 fully saturated rings. The molecule has 3 N–H and O–H groups in total. The molecule has 0 aliphatic carbocycles. The first-order chi connectivity index (χ1) is 7.81. The van der Waals surface area contributed by atoms with Gasteiger partial charge in [-0.1, -0.05) is 0 Å². The molecule has 2 aromatic heterocycles. The molecule has 16 heavy (non-hydrogen) atoms. The van der Waals surface area contributed by atoms with E-state index in [0.29, 0.717) is 12.1 Å². The monoisotopic (exact) mass is 211 g/mol. The van der Waals surface area contributed by atoms with Crippen molar-refractivity contribution in [3.63, 3.8) is 0 Å². The van der Waals surface area contributed by atoms with Crippen LogP contribution in [0.4, 0.5) is 0 Å². The number of hydrogen-bond acceptors (Lipinski definition) is 3. The summed E-state index contributed by atoms with van der Waals surface area (Å²) >= 11 is 0. The molecule has 0 amide bonds. The molecule has 3 rings (SSSR count). The number of aromatic nitrogens is 3. The van der Waals surface area contributed by atoms with Crippen molar-refractivity contribution in [3.05, 3.63) is 35.7 Å². The molecule has 5 heteroatoms. The fourth-order valence-electron chi connectivity index (χ4n) is 1.82. The number of nitrogens with one attached hydrogen (secondary N) is 1. The van der Waals surface area contributed by atoms with Crippen LogP contribution in [0, 0.1) is 11.3 Å². The van der Waals surface area contributed by atoms with Crippen LogP contribution in [0.25, 0.3) is 16.8 Å². The maximum absolute atomic E-state index is 8.80. The van der Waals surface area contributed by atoms with Gasteiger partial charge in [-0.15, -0.1) is 0 Å². The van der Waals surface area contributed by atoms with Crippen LogP contribution in [0.5, 0.6) is 0 Å². The zero-order valence-electron chi connectivity index (χ0n) is 8.44. The van der Waals surface area contributed by atoms with Gasteiger partial charge in [-0.05, 0) is 18.2 Å². The lowest BCUT2D eigenvalue weighted by molar-refractivity contribution is 1.01. The second-order valence-corrected chi connectivity index (χ2v) is 3.60. The van der Waals surface area contributed by atoms with E-state index in [-0.39, 0.29) is 0 Å². The van der Waals surface area contributed by atoms with Crippen molar-refractivity contribution in [3.8, 4) is 6.07 Å². The Bertz CT molecular complexity index is 713. The van der Waals surface area contributed by atoms with E-state index in [2.05, 4.69) is 16.0 Å². The first kappa shape index (κ1) is 8.95. The number of rotatable bonds is 1. The highest BCUT2D eigenvalue weighted by atomic mass is 15.1. The van der Waals surface area contributed by atoms with Gasteiger partial charge in [0, 0.05) is 18.4 Å². The number of benzene rings is 1. The highest BCUT2D eigenvalue weighted by Gasteiger charge is 2.07. The van der Waals surface area contributed by atoms with E-state index in [1.165, 1.54) is 0 Å². The summed E-state index contributed by atoms with van der Waals surface area (Å²) in [5.41, 5.74) is 8.89. The third-order valence-corrected chi connectivity index (χ3v) is 2.60. The number of nitrogens with two attached hydrogens (primary N) is 1. The minimum Gasteiger partial charge on any atom is -0.326 e. The molecule has 0 aliphatic heterocycles. The number of hydrogen-bond donors (Lipinski definition) is 2. The number of imidazole rings is 2. The number of fused-ring (bicyclic) bond motifs is 3. The standard InChI is InChI=1S/C11H9N5/c12-4-7-1-2-10-9(3-7)15-11-14-8(5-13)6-16(10)11/h1-3,6H,5,13H2,(H,14,15). The van der Waals surface area contributed by atoms with Crippen LogP contribution in [0.15, 0.2) is 24.4 Å². The Morgan fingerprint density at radius 2 is 2.38 bits per heavy atom. The normalized spacial score (nSPS) is 11.0. The minimum absolute atomic E-state index is 0.459. The van der Waals surface area contributed by atoms with Gasteiger partial charge in [0.05, 0.1) is 22.7 Å². The molecular weight excluding hydrogens is 202 g/mol. The smallest absolute Gasteiger partial charge is 0.212 e. The maximum Gasteiger partial charge on any atom is 0.212 e. The Hall–Kier alpha value is -2.32. The molecule has 1 aromatic carbocycles. The van der Waals surface area contributed by atoms with Gasteiger partial charge in [-0.25, -0.2) is 4.98 Å². The number of aromatic amines is 1. The molecule has 0 saturated carbocycles. The van der Waals surface area contributed by atoms with Crippen molar-refractivity contribution in [1.29, 1.82) is 5.26 Å². The molecule has 0 aliphatic rings. The summed E-state index contributed by atoms with van der Waals surface area (Å²) in [4.78, 5) is 7.51. The van der Waals surface area contributed by atoms with E-state index >= 15 is 0 Å². The third kappa shape index (κ3) is 1.11. The van der Waals surface area contributed by atoms with Crippen LogP contribution >= 0.6 is 0 Å². The maximum atomic E-state index is 8.80. The van der Waals surface area contributed by atoms with E-state index in [1.54, 1.807) is 12.1 Å². The second-order valence-electron chi connectivity index (χ2n) is 3.60.